The highest BCUT2D eigenvalue weighted by atomic mass is 32.1. The average Bonchev–Trinajstić information content (AvgIpc) is 3.18. The normalized spacial score (nSPS) is 22.0. The molecule has 120 valence electrons. The fraction of sp³-hybridized carbons (Fsp3) is 0.643. The number of anilines is 1. The van der Waals surface area contributed by atoms with Gasteiger partial charge in [0.05, 0.1) is 0 Å². The summed E-state index contributed by atoms with van der Waals surface area (Å²) in [7, 11) is 0. The van der Waals surface area contributed by atoms with Crippen molar-refractivity contribution < 1.29 is 14.3 Å². The molecule has 8 heteroatoms. The number of nitrogens with zero attached hydrogens (tertiary/aromatic N) is 3. The summed E-state index contributed by atoms with van der Waals surface area (Å²) in [5, 5.41) is 3.41. The number of aromatic nitrogens is 1. The molecule has 1 aromatic rings. The van der Waals surface area contributed by atoms with E-state index in [1.54, 1.807) is 16.0 Å². The van der Waals surface area contributed by atoms with Crippen LogP contribution in [0, 0.1) is 6.92 Å². The van der Waals surface area contributed by atoms with Gasteiger partial charge in [0.25, 0.3) is 5.91 Å². The van der Waals surface area contributed by atoms with Crippen molar-refractivity contribution in [1.29, 1.82) is 0 Å². The molecule has 0 spiro atoms. The molecule has 2 aliphatic heterocycles. The summed E-state index contributed by atoms with van der Waals surface area (Å²) < 4.78 is 5.43. The van der Waals surface area contributed by atoms with E-state index in [1.165, 1.54) is 11.3 Å². The molecule has 3 rings (SSSR count). The Hall–Kier alpha value is -1.67. The van der Waals surface area contributed by atoms with E-state index in [2.05, 4.69) is 10.3 Å². The zero-order valence-electron chi connectivity index (χ0n) is 12.6. The van der Waals surface area contributed by atoms with Crippen LogP contribution in [0.25, 0.3) is 0 Å². The first kappa shape index (κ1) is 15.2. The second kappa shape index (κ2) is 6.62. The molecule has 22 heavy (non-hydrogen) atoms. The summed E-state index contributed by atoms with van der Waals surface area (Å²) in [6.07, 6.45) is 3.21. The topological polar surface area (TPSA) is 74.8 Å². The Morgan fingerprint density at radius 3 is 2.64 bits per heavy atom. The fourth-order valence-corrected chi connectivity index (χ4v) is 3.34. The smallest absolute Gasteiger partial charge is 0.323 e. The van der Waals surface area contributed by atoms with Gasteiger partial charge in [0.1, 0.15) is 6.10 Å². The Labute approximate surface area is 133 Å². The third-order valence-electron chi connectivity index (χ3n) is 3.92. The third kappa shape index (κ3) is 3.38. The summed E-state index contributed by atoms with van der Waals surface area (Å²) in [6.45, 7) is 4.81. The highest BCUT2D eigenvalue weighted by Crippen LogP contribution is 2.18. The van der Waals surface area contributed by atoms with Crippen molar-refractivity contribution in [2.45, 2.75) is 25.9 Å². The van der Waals surface area contributed by atoms with E-state index in [9.17, 15) is 9.59 Å². The molecule has 1 atom stereocenters. The van der Waals surface area contributed by atoms with Crippen molar-refractivity contribution in [3.63, 3.8) is 0 Å². The Morgan fingerprint density at radius 2 is 2.05 bits per heavy atom. The van der Waals surface area contributed by atoms with Gasteiger partial charge >= 0.3 is 6.03 Å². The van der Waals surface area contributed by atoms with Gasteiger partial charge in [-0.25, -0.2) is 9.78 Å². The van der Waals surface area contributed by atoms with E-state index in [4.69, 9.17) is 4.74 Å². The molecule has 1 aromatic heterocycles. The van der Waals surface area contributed by atoms with Crippen LogP contribution >= 0.6 is 11.3 Å². The predicted molar refractivity (Wildman–Crippen MR) is 83.0 cm³/mol. The molecule has 0 aliphatic carbocycles. The van der Waals surface area contributed by atoms with Gasteiger partial charge in [-0.3, -0.25) is 10.1 Å². The van der Waals surface area contributed by atoms with E-state index in [0.29, 0.717) is 37.9 Å². The summed E-state index contributed by atoms with van der Waals surface area (Å²) in [6, 6.07) is -0.154. The number of piperazine rings is 1. The van der Waals surface area contributed by atoms with Gasteiger partial charge in [-0.15, -0.1) is 11.3 Å². The molecular weight excluding hydrogens is 304 g/mol. The summed E-state index contributed by atoms with van der Waals surface area (Å²) >= 11 is 1.45. The van der Waals surface area contributed by atoms with Gasteiger partial charge in [-0.05, 0) is 19.8 Å². The molecule has 2 fully saturated rings. The van der Waals surface area contributed by atoms with Crippen LogP contribution in [0.1, 0.15) is 17.7 Å². The number of hydrogen-bond acceptors (Lipinski definition) is 5. The van der Waals surface area contributed by atoms with Crippen molar-refractivity contribution in [3.05, 3.63) is 11.1 Å². The number of urea groups is 1. The number of aryl methyl sites for hydroxylation is 1. The number of thiazole rings is 1. The van der Waals surface area contributed by atoms with Crippen LogP contribution < -0.4 is 5.32 Å². The lowest BCUT2D eigenvalue weighted by atomic mass is 10.2. The van der Waals surface area contributed by atoms with Crippen LogP contribution in [-0.4, -0.2) is 65.6 Å². The predicted octanol–water partition coefficient (Wildman–Crippen LogP) is 1.31. The number of rotatable bonds is 2. The standard InChI is InChI=1S/C14H20N4O3S/c1-10-9-15-13(22-10)16-14(20)18-6-4-17(5-7-18)12(19)11-3-2-8-21-11/h9,11H,2-8H2,1H3,(H,15,16,20). The van der Waals surface area contributed by atoms with Gasteiger partial charge in [0, 0.05) is 43.9 Å². The molecule has 0 bridgehead atoms. The second-order valence-electron chi connectivity index (χ2n) is 5.52. The van der Waals surface area contributed by atoms with Crippen LogP contribution in [0.15, 0.2) is 6.20 Å². The van der Waals surface area contributed by atoms with Crippen molar-refractivity contribution >= 4 is 28.4 Å². The van der Waals surface area contributed by atoms with E-state index in [-0.39, 0.29) is 18.0 Å². The summed E-state index contributed by atoms with van der Waals surface area (Å²) in [5.74, 6) is 0.0631. The first-order valence-corrected chi connectivity index (χ1v) is 8.34. The molecule has 2 aliphatic rings. The summed E-state index contributed by atoms with van der Waals surface area (Å²) in [4.78, 5) is 33.1. The van der Waals surface area contributed by atoms with Crippen LogP contribution in [-0.2, 0) is 9.53 Å². The molecule has 0 saturated carbocycles. The summed E-state index contributed by atoms with van der Waals surface area (Å²) in [5.41, 5.74) is 0. The van der Waals surface area contributed by atoms with E-state index >= 15 is 0 Å². The molecule has 7 nitrogen and oxygen atoms in total. The van der Waals surface area contributed by atoms with Crippen molar-refractivity contribution in [3.8, 4) is 0 Å². The molecule has 0 radical (unpaired) electrons. The third-order valence-corrected chi connectivity index (χ3v) is 4.75. The Morgan fingerprint density at radius 1 is 1.32 bits per heavy atom. The molecular formula is C14H20N4O3S. The maximum absolute atomic E-state index is 12.2. The van der Waals surface area contributed by atoms with Gasteiger partial charge in [0.2, 0.25) is 0 Å². The number of nitrogens with one attached hydrogen (secondary N) is 1. The highest BCUT2D eigenvalue weighted by Gasteiger charge is 2.31. The maximum atomic E-state index is 12.2. The van der Waals surface area contributed by atoms with Crippen LogP contribution in [0.5, 0.6) is 0 Å². The van der Waals surface area contributed by atoms with E-state index in [0.717, 1.165) is 17.7 Å². The zero-order chi connectivity index (χ0) is 15.5. The first-order valence-electron chi connectivity index (χ1n) is 7.52. The largest absolute Gasteiger partial charge is 0.368 e. The zero-order valence-corrected chi connectivity index (χ0v) is 13.4. The number of carbonyl (C=O) groups excluding carboxylic acids is 2. The molecule has 1 N–H and O–H groups in total. The number of hydrogen-bond donors (Lipinski definition) is 1. The van der Waals surface area contributed by atoms with Gasteiger partial charge < -0.3 is 14.5 Å². The molecule has 3 heterocycles. The van der Waals surface area contributed by atoms with Crippen LogP contribution in [0.3, 0.4) is 0 Å². The minimum atomic E-state index is -0.279. The minimum absolute atomic E-state index is 0.0631. The van der Waals surface area contributed by atoms with Crippen LogP contribution in [0.2, 0.25) is 0 Å². The second-order valence-corrected chi connectivity index (χ2v) is 6.75. The lowest BCUT2D eigenvalue weighted by Crippen LogP contribution is -2.53. The lowest BCUT2D eigenvalue weighted by Gasteiger charge is -2.35. The number of carbonyl (C=O) groups is 2. The Bertz CT molecular complexity index is 548. The van der Waals surface area contributed by atoms with Crippen molar-refractivity contribution in [2.75, 3.05) is 38.1 Å². The molecule has 2 saturated heterocycles. The Kier molecular flexibility index (Phi) is 4.58. The SMILES string of the molecule is Cc1cnc(NC(=O)N2CCN(C(=O)C3CCCO3)CC2)s1. The first-order chi connectivity index (χ1) is 10.6. The fourth-order valence-electron chi connectivity index (χ4n) is 2.69. The van der Waals surface area contributed by atoms with Gasteiger partial charge in [-0.2, -0.15) is 0 Å². The molecule has 0 aromatic carbocycles. The molecule has 3 amide bonds. The molecule has 1 unspecified atom stereocenters. The number of ether oxygens (including phenoxy) is 1. The average molecular weight is 324 g/mol. The van der Waals surface area contributed by atoms with Gasteiger partial charge in [-0.1, -0.05) is 0 Å². The van der Waals surface area contributed by atoms with Crippen molar-refractivity contribution in [1.82, 2.24) is 14.8 Å². The van der Waals surface area contributed by atoms with E-state index in [1.807, 2.05) is 6.92 Å². The highest BCUT2D eigenvalue weighted by molar-refractivity contribution is 7.15. The number of amides is 3. The van der Waals surface area contributed by atoms with Crippen molar-refractivity contribution in [2.24, 2.45) is 0 Å². The minimum Gasteiger partial charge on any atom is -0.368 e. The van der Waals surface area contributed by atoms with Crippen LogP contribution in [0.4, 0.5) is 9.93 Å². The van der Waals surface area contributed by atoms with Gasteiger partial charge in [0.15, 0.2) is 5.13 Å². The Balaban J connectivity index is 1.48. The lowest BCUT2D eigenvalue weighted by molar-refractivity contribution is -0.142. The quantitative estimate of drug-likeness (QED) is 0.890. The monoisotopic (exact) mass is 324 g/mol. The van der Waals surface area contributed by atoms with E-state index < -0.39 is 0 Å². The maximum Gasteiger partial charge on any atom is 0.323 e.